The first-order valence-electron chi connectivity index (χ1n) is 8.96. The fourth-order valence-corrected chi connectivity index (χ4v) is 3.86. The molecule has 128 valence electrons. The van der Waals surface area contributed by atoms with Gasteiger partial charge in [0.05, 0.1) is 5.56 Å². The van der Waals surface area contributed by atoms with Gasteiger partial charge < -0.3 is 19.5 Å². The van der Waals surface area contributed by atoms with Crippen molar-refractivity contribution in [2.45, 2.75) is 51.1 Å². The lowest BCUT2D eigenvalue weighted by molar-refractivity contribution is 0.0601. The molecule has 2 aliphatic heterocycles. The van der Waals surface area contributed by atoms with Gasteiger partial charge in [0.15, 0.2) is 0 Å². The molecule has 1 atom stereocenters. The highest BCUT2D eigenvalue weighted by Crippen LogP contribution is 2.19. The summed E-state index contributed by atoms with van der Waals surface area (Å²) in [5.74, 6) is 0.195. The van der Waals surface area contributed by atoms with Crippen LogP contribution in [0, 0.1) is 0 Å². The van der Waals surface area contributed by atoms with Crippen LogP contribution in [0.4, 0.5) is 0 Å². The average molecular weight is 319 g/mol. The van der Waals surface area contributed by atoms with Crippen molar-refractivity contribution < 1.29 is 9.53 Å². The van der Waals surface area contributed by atoms with Gasteiger partial charge in [-0.25, -0.2) is 0 Å². The van der Waals surface area contributed by atoms with Gasteiger partial charge >= 0.3 is 0 Å². The molecular formula is C18H29N3O2. The van der Waals surface area contributed by atoms with Gasteiger partial charge in [-0.05, 0) is 38.2 Å². The molecule has 0 saturated carbocycles. The Balaban J connectivity index is 1.62. The van der Waals surface area contributed by atoms with E-state index in [1.54, 1.807) is 0 Å². The molecule has 2 saturated heterocycles. The van der Waals surface area contributed by atoms with E-state index in [1.807, 2.05) is 24.2 Å². The minimum atomic E-state index is 0.195. The maximum atomic E-state index is 12.9. The predicted molar refractivity (Wildman–Crippen MR) is 90.7 cm³/mol. The quantitative estimate of drug-likeness (QED) is 0.923. The van der Waals surface area contributed by atoms with E-state index < -0.39 is 0 Å². The zero-order valence-electron chi connectivity index (χ0n) is 14.4. The number of likely N-dealkylation sites (tertiary alicyclic amines) is 1. The third-order valence-corrected chi connectivity index (χ3v) is 5.17. The van der Waals surface area contributed by atoms with Crippen LogP contribution in [0.5, 0.6) is 0 Å². The van der Waals surface area contributed by atoms with E-state index in [2.05, 4.69) is 16.8 Å². The molecule has 3 heterocycles. The van der Waals surface area contributed by atoms with Gasteiger partial charge in [0.25, 0.3) is 5.91 Å². The van der Waals surface area contributed by atoms with E-state index in [1.165, 1.54) is 0 Å². The first-order chi connectivity index (χ1) is 11.2. The first-order valence-corrected chi connectivity index (χ1v) is 8.96. The number of carbonyl (C=O) groups is 1. The summed E-state index contributed by atoms with van der Waals surface area (Å²) in [6.07, 6.45) is 7.31. The Kier molecular flexibility index (Phi) is 5.38. The monoisotopic (exact) mass is 319 g/mol. The summed E-state index contributed by atoms with van der Waals surface area (Å²) in [5.41, 5.74) is 2.01. The van der Waals surface area contributed by atoms with Crippen LogP contribution in [0.25, 0.3) is 0 Å². The van der Waals surface area contributed by atoms with Crippen LogP contribution in [0.3, 0.4) is 0 Å². The van der Waals surface area contributed by atoms with Gasteiger partial charge in [-0.3, -0.25) is 4.79 Å². The largest absolute Gasteiger partial charge is 0.381 e. The van der Waals surface area contributed by atoms with E-state index >= 15 is 0 Å². The second-order valence-corrected chi connectivity index (χ2v) is 6.78. The molecule has 0 radical (unpaired) electrons. The van der Waals surface area contributed by atoms with E-state index in [4.69, 9.17) is 4.74 Å². The number of nitrogens with zero attached hydrogens (tertiary/aromatic N) is 2. The molecule has 1 amide bonds. The zero-order valence-corrected chi connectivity index (χ0v) is 14.4. The Morgan fingerprint density at radius 2 is 2.09 bits per heavy atom. The molecule has 1 N–H and O–H groups in total. The van der Waals surface area contributed by atoms with Gasteiger partial charge in [-0.1, -0.05) is 6.92 Å². The molecule has 0 aromatic carbocycles. The number of piperidine rings is 1. The fourth-order valence-electron chi connectivity index (χ4n) is 3.86. The van der Waals surface area contributed by atoms with Gasteiger partial charge in [-0.2, -0.15) is 0 Å². The molecule has 0 spiro atoms. The molecule has 1 aromatic rings. The Morgan fingerprint density at radius 1 is 1.30 bits per heavy atom. The van der Waals surface area contributed by atoms with Crippen molar-refractivity contribution in [2.24, 2.45) is 7.05 Å². The number of ether oxygens (including phenoxy) is 1. The molecule has 5 nitrogen and oxygen atoms in total. The molecule has 2 aliphatic rings. The van der Waals surface area contributed by atoms with Crippen LogP contribution in [0.15, 0.2) is 12.3 Å². The van der Waals surface area contributed by atoms with Crippen molar-refractivity contribution in [3.05, 3.63) is 23.5 Å². The fraction of sp³-hybridized carbons (Fsp3) is 0.722. The number of nitrogens with one attached hydrogen (secondary N) is 1. The highest BCUT2D eigenvalue weighted by Gasteiger charge is 2.28. The molecule has 5 heteroatoms. The minimum Gasteiger partial charge on any atom is -0.381 e. The van der Waals surface area contributed by atoms with E-state index in [-0.39, 0.29) is 5.91 Å². The molecule has 0 aliphatic carbocycles. The lowest BCUT2D eigenvalue weighted by Gasteiger charge is -2.36. The molecular weight excluding hydrogens is 290 g/mol. The van der Waals surface area contributed by atoms with E-state index in [0.717, 1.165) is 69.7 Å². The van der Waals surface area contributed by atoms with Gasteiger partial charge in [0, 0.05) is 57.3 Å². The smallest absolute Gasteiger partial charge is 0.255 e. The van der Waals surface area contributed by atoms with Crippen molar-refractivity contribution in [3.63, 3.8) is 0 Å². The molecule has 1 aromatic heterocycles. The summed E-state index contributed by atoms with van der Waals surface area (Å²) in [5, 5.41) is 3.75. The number of aryl methyl sites for hydroxylation is 1. The standard InChI is InChI=1S/C18H29N3O2/c1-3-17-16(6-10-20(17)2)18(22)21-9-4-5-15(13-21)19-14-7-11-23-12-8-14/h6,10,14-15,19H,3-5,7-9,11-13H2,1-2H3. The molecule has 3 rings (SSSR count). The van der Waals surface area contributed by atoms with E-state index in [0.29, 0.717) is 12.1 Å². The lowest BCUT2D eigenvalue weighted by atomic mass is 10.0. The summed E-state index contributed by atoms with van der Waals surface area (Å²) in [6, 6.07) is 2.94. The maximum Gasteiger partial charge on any atom is 0.255 e. The second-order valence-electron chi connectivity index (χ2n) is 6.78. The maximum absolute atomic E-state index is 12.9. The molecule has 23 heavy (non-hydrogen) atoms. The Labute approximate surface area is 139 Å². The minimum absolute atomic E-state index is 0.195. The van der Waals surface area contributed by atoms with Crippen molar-refractivity contribution in [1.29, 1.82) is 0 Å². The highest BCUT2D eigenvalue weighted by atomic mass is 16.5. The van der Waals surface area contributed by atoms with Crippen molar-refractivity contribution >= 4 is 5.91 Å². The van der Waals surface area contributed by atoms with Gasteiger partial charge in [-0.15, -0.1) is 0 Å². The Morgan fingerprint density at radius 3 is 2.83 bits per heavy atom. The second kappa shape index (κ2) is 7.49. The summed E-state index contributed by atoms with van der Waals surface area (Å²) in [7, 11) is 2.02. The summed E-state index contributed by atoms with van der Waals surface area (Å²) >= 11 is 0. The number of hydrogen-bond acceptors (Lipinski definition) is 3. The highest BCUT2D eigenvalue weighted by molar-refractivity contribution is 5.95. The molecule has 0 bridgehead atoms. The average Bonchev–Trinajstić information content (AvgIpc) is 2.96. The Hall–Kier alpha value is -1.33. The van der Waals surface area contributed by atoms with E-state index in [9.17, 15) is 4.79 Å². The number of carbonyl (C=O) groups excluding carboxylic acids is 1. The van der Waals surface area contributed by atoms with Crippen molar-refractivity contribution in [1.82, 2.24) is 14.8 Å². The van der Waals surface area contributed by atoms with Crippen LogP contribution >= 0.6 is 0 Å². The van der Waals surface area contributed by atoms with Crippen molar-refractivity contribution in [2.75, 3.05) is 26.3 Å². The topological polar surface area (TPSA) is 46.5 Å². The number of hydrogen-bond donors (Lipinski definition) is 1. The molecule has 2 fully saturated rings. The van der Waals surface area contributed by atoms with Crippen LogP contribution < -0.4 is 5.32 Å². The van der Waals surface area contributed by atoms with Crippen LogP contribution in [-0.2, 0) is 18.2 Å². The van der Waals surface area contributed by atoms with Crippen LogP contribution in [0.1, 0.15) is 48.7 Å². The Bertz CT molecular complexity index is 534. The number of aromatic nitrogens is 1. The third-order valence-electron chi connectivity index (χ3n) is 5.17. The first kappa shape index (κ1) is 16.5. The zero-order chi connectivity index (χ0) is 16.2. The normalized spacial score (nSPS) is 23.2. The molecule has 1 unspecified atom stereocenters. The van der Waals surface area contributed by atoms with Crippen LogP contribution in [0.2, 0.25) is 0 Å². The summed E-state index contributed by atoms with van der Waals surface area (Å²) in [4.78, 5) is 14.9. The summed E-state index contributed by atoms with van der Waals surface area (Å²) < 4.78 is 7.49. The lowest BCUT2D eigenvalue weighted by Crippen LogP contribution is -2.51. The van der Waals surface area contributed by atoms with Crippen molar-refractivity contribution in [3.8, 4) is 0 Å². The SMILES string of the molecule is CCc1c(C(=O)N2CCCC(NC3CCOCC3)C2)ccn1C. The summed E-state index contributed by atoms with van der Waals surface area (Å²) in [6.45, 7) is 5.53. The number of rotatable bonds is 4. The van der Waals surface area contributed by atoms with Gasteiger partial charge in [0.1, 0.15) is 0 Å². The van der Waals surface area contributed by atoms with Crippen LogP contribution in [-0.4, -0.2) is 53.8 Å². The third kappa shape index (κ3) is 3.78. The van der Waals surface area contributed by atoms with Gasteiger partial charge in [0.2, 0.25) is 0 Å². The predicted octanol–water partition coefficient (Wildman–Crippen LogP) is 1.96. The number of amides is 1.